The second-order valence-corrected chi connectivity index (χ2v) is 9.01. The minimum Gasteiger partial charge on any atom is -0.345 e. The van der Waals surface area contributed by atoms with Gasteiger partial charge < -0.3 is 10.2 Å². The van der Waals surface area contributed by atoms with Crippen LogP contribution in [0, 0.1) is 0 Å². The molecule has 7 heteroatoms. The van der Waals surface area contributed by atoms with Gasteiger partial charge in [-0.3, -0.25) is 4.79 Å². The fourth-order valence-corrected chi connectivity index (χ4v) is 5.00. The number of carbonyl (C=O) groups is 1. The molecule has 2 atom stereocenters. The van der Waals surface area contributed by atoms with Crippen molar-refractivity contribution in [2.75, 3.05) is 25.1 Å². The highest BCUT2D eigenvalue weighted by molar-refractivity contribution is 7.91. The van der Waals surface area contributed by atoms with Crippen molar-refractivity contribution in [3.05, 3.63) is 34.9 Å². The number of amides is 1. The number of quaternary nitrogens is 1. The molecule has 0 aromatic heterocycles. The molecule has 22 heavy (non-hydrogen) atoms. The molecule has 1 heterocycles. The molecule has 1 aliphatic heterocycles. The van der Waals surface area contributed by atoms with Crippen molar-refractivity contribution >= 4 is 27.3 Å². The van der Waals surface area contributed by atoms with Crippen LogP contribution >= 0.6 is 11.6 Å². The molecule has 1 aromatic carbocycles. The zero-order valence-electron chi connectivity index (χ0n) is 12.9. The Balaban J connectivity index is 1.85. The standard InChI is InChI=1S/C15H21ClN2O3S/c1-15(7-8-22(20,21)11-15)17-14(19)10-18(2)9-12-3-5-13(16)6-4-12/h3-6H,7-11H2,1-2H3,(H,17,19)/p+1/t15-/m0/s1. The van der Waals surface area contributed by atoms with E-state index in [1.165, 1.54) is 0 Å². The van der Waals surface area contributed by atoms with Gasteiger partial charge in [-0.2, -0.15) is 0 Å². The largest absolute Gasteiger partial charge is 0.345 e. The lowest BCUT2D eigenvalue weighted by atomic mass is 10.0. The van der Waals surface area contributed by atoms with Crippen molar-refractivity contribution in [2.45, 2.75) is 25.4 Å². The molecule has 1 aromatic rings. The molecule has 0 saturated carbocycles. The SMILES string of the molecule is C[NH+](CC(=O)N[C@@]1(C)CCS(=O)(=O)C1)Cc1ccc(Cl)cc1. The highest BCUT2D eigenvalue weighted by Crippen LogP contribution is 2.22. The van der Waals surface area contributed by atoms with E-state index in [4.69, 9.17) is 11.6 Å². The second kappa shape index (κ2) is 6.56. The number of hydrogen-bond acceptors (Lipinski definition) is 3. The first-order valence-corrected chi connectivity index (χ1v) is 9.45. The van der Waals surface area contributed by atoms with E-state index in [0.29, 0.717) is 24.5 Å². The van der Waals surface area contributed by atoms with E-state index in [2.05, 4.69) is 5.32 Å². The van der Waals surface area contributed by atoms with Crippen LogP contribution in [0.15, 0.2) is 24.3 Å². The van der Waals surface area contributed by atoms with Crippen LogP contribution in [0.4, 0.5) is 0 Å². The van der Waals surface area contributed by atoms with E-state index in [9.17, 15) is 13.2 Å². The van der Waals surface area contributed by atoms with Crippen LogP contribution in [0.25, 0.3) is 0 Å². The van der Waals surface area contributed by atoms with Gasteiger partial charge in [0.05, 0.1) is 24.1 Å². The molecule has 1 aliphatic rings. The third-order valence-electron chi connectivity index (χ3n) is 3.83. The molecular formula is C15H22ClN2O3S+. The Morgan fingerprint density at radius 2 is 2.00 bits per heavy atom. The van der Waals surface area contributed by atoms with Gasteiger partial charge in [-0.15, -0.1) is 0 Å². The summed E-state index contributed by atoms with van der Waals surface area (Å²) < 4.78 is 23.1. The fraction of sp³-hybridized carbons (Fsp3) is 0.533. The molecule has 0 bridgehead atoms. The number of sulfone groups is 1. The number of benzene rings is 1. The van der Waals surface area contributed by atoms with E-state index in [1.54, 1.807) is 6.92 Å². The monoisotopic (exact) mass is 345 g/mol. The van der Waals surface area contributed by atoms with E-state index in [1.807, 2.05) is 31.3 Å². The summed E-state index contributed by atoms with van der Waals surface area (Å²) in [6.07, 6.45) is 0.483. The predicted octanol–water partition coefficient (Wildman–Crippen LogP) is 0.0481. The van der Waals surface area contributed by atoms with Crippen LogP contribution in [0.3, 0.4) is 0 Å². The molecule has 1 amide bonds. The zero-order valence-corrected chi connectivity index (χ0v) is 14.4. The number of rotatable bonds is 5. The Labute approximate surface area is 136 Å². The van der Waals surface area contributed by atoms with Gasteiger partial charge in [-0.25, -0.2) is 8.42 Å². The minimum absolute atomic E-state index is 0.0297. The smallest absolute Gasteiger partial charge is 0.275 e. The molecule has 1 fully saturated rings. The van der Waals surface area contributed by atoms with Crippen LogP contribution in [0.5, 0.6) is 0 Å². The Morgan fingerprint density at radius 1 is 1.36 bits per heavy atom. The quantitative estimate of drug-likeness (QED) is 0.792. The number of carbonyl (C=O) groups excluding carboxylic acids is 1. The number of likely N-dealkylation sites (N-methyl/N-ethyl adjacent to an activating group) is 1. The molecular weight excluding hydrogens is 324 g/mol. The summed E-state index contributed by atoms with van der Waals surface area (Å²) in [6, 6.07) is 7.53. The lowest BCUT2D eigenvalue weighted by molar-refractivity contribution is -0.885. The molecule has 2 rings (SSSR count). The van der Waals surface area contributed by atoms with E-state index >= 15 is 0 Å². The maximum Gasteiger partial charge on any atom is 0.275 e. The molecule has 122 valence electrons. The zero-order chi connectivity index (χ0) is 16.4. The maximum absolute atomic E-state index is 12.1. The van der Waals surface area contributed by atoms with Gasteiger partial charge in [0, 0.05) is 10.6 Å². The van der Waals surface area contributed by atoms with Crippen molar-refractivity contribution < 1.29 is 18.1 Å². The van der Waals surface area contributed by atoms with Gasteiger partial charge in [0.2, 0.25) is 0 Å². The fourth-order valence-electron chi connectivity index (χ4n) is 2.78. The minimum atomic E-state index is -3.01. The van der Waals surface area contributed by atoms with Crippen molar-refractivity contribution in [3.63, 3.8) is 0 Å². The Morgan fingerprint density at radius 3 is 2.55 bits per heavy atom. The lowest BCUT2D eigenvalue weighted by Crippen LogP contribution is -3.09. The number of nitrogens with one attached hydrogen (secondary N) is 2. The molecule has 1 unspecified atom stereocenters. The van der Waals surface area contributed by atoms with Gasteiger partial charge in [-0.1, -0.05) is 23.7 Å². The van der Waals surface area contributed by atoms with Crippen LogP contribution < -0.4 is 10.2 Å². The summed E-state index contributed by atoms with van der Waals surface area (Å²) in [4.78, 5) is 13.2. The Kier molecular flexibility index (Phi) is 5.14. The first-order chi connectivity index (χ1) is 10.2. The van der Waals surface area contributed by atoms with Crippen molar-refractivity contribution in [3.8, 4) is 0 Å². The summed E-state index contributed by atoms with van der Waals surface area (Å²) >= 11 is 5.85. The topological polar surface area (TPSA) is 67.7 Å². The lowest BCUT2D eigenvalue weighted by Gasteiger charge is -2.24. The van der Waals surface area contributed by atoms with Gasteiger partial charge in [0.15, 0.2) is 16.4 Å². The number of halogens is 1. The summed E-state index contributed by atoms with van der Waals surface area (Å²) in [5.41, 5.74) is 0.473. The van der Waals surface area contributed by atoms with Gasteiger partial charge in [0.25, 0.3) is 5.91 Å². The van der Waals surface area contributed by atoms with E-state index < -0.39 is 15.4 Å². The Hall–Kier alpha value is -1.11. The van der Waals surface area contributed by atoms with E-state index in [0.717, 1.165) is 10.5 Å². The molecule has 0 spiro atoms. The molecule has 1 saturated heterocycles. The number of hydrogen-bond donors (Lipinski definition) is 2. The normalized spacial score (nSPS) is 24.9. The average Bonchev–Trinajstić information content (AvgIpc) is 2.65. The molecule has 0 aliphatic carbocycles. The predicted molar refractivity (Wildman–Crippen MR) is 86.7 cm³/mol. The molecule has 0 radical (unpaired) electrons. The Bertz CT molecular complexity index is 645. The van der Waals surface area contributed by atoms with Gasteiger partial charge in [0.1, 0.15) is 6.54 Å². The average molecular weight is 346 g/mol. The van der Waals surface area contributed by atoms with Crippen LogP contribution in [0.1, 0.15) is 18.9 Å². The molecule has 2 N–H and O–H groups in total. The van der Waals surface area contributed by atoms with Crippen LogP contribution in [-0.2, 0) is 21.2 Å². The van der Waals surface area contributed by atoms with Crippen LogP contribution in [-0.4, -0.2) is 45.0 Å². The van der Waals surface area contributed by atoms with Crippen molar-refractivity contribution in [1.82, 2.24) is 5.32 Å². The first kappa shape index (κ1) is 17.2. The first-order valence-electron chi connectivity index (χ1n) is 7.25. The summed E-state index contributed by atoms with van der Waals surface area (Å²) in [5.74, 6) is 0.0604. The van der Waals surface area contributed by atoms with Gasteiger partial charge in [-0.05, 0) is 25.5 Å². The highest BCUT2D eigenvalue weighted by atomic mass is 35.5. The van der Waals surface area contributed by atoms with E-state index in [-0.39, 0.29) is 17.4 Å². The van der Waals surface area contributed by atoms with Crippen LogP contribution in [0.2, 0.25) is 5.02 Å². The highest BCUT2D eigenvalue weighted by Gasteiger charge is 2.39. The molecule has 5 nitrogen and oxygen atoms in total. The van der Waals surface area contributed by atoms with Gasteiger partial charge >= 0.3 is 0 Å². The summed E-state index contributed by atoms with van der Waals surface area (Å²) in [7, 11) is -1.08. The van der Waals surface area contributed by atoms with Crippen molar-refractivity contribution in [2.24, 2.45) is 0 Å². The third kappa shape index (κ3) is 4.97. The third-order valence-corrected chi connectivity index (χ3v) is 5.98. The summed E-state index contributed by atoms with van der Waals surface area (Å²) in [5, 5.41) is 3.57. The second-order valence-electron chi connectivity index (χ2n) is 6.39. The summed E-state index contributed by atoms with van der Waals surface area (Å²) in [6.45, 7) is 2.81. The van der Waals surface area contributed by atoms with Crippen molar-refractivity contribution in [1.29, 1.82) is 0 Å². The maximum atomic E-state index is 12.1.